The number of rotatable bonds is 2. The van der Waals surface area contributed by atoms with Gasteiger partial charge in [-0.25, -0.2) is 9.97 Å². The molecule has 130 valence electrons. The van der Waals surface area contributed by atoms with Crippen LogP contribution < -0.4 is 5.73 Å². The van der Waals surface area contributed by atoms with E-state index in [4.69, 9.17) is 5.73 Å². The third kappa shape index (κ3) is 2.05. The number of carbonyl (C=O) groups is 1. The number of hydrogen-bond acceptors (Lipinski definition) is 4. The second-order valence-electron chi connectivity index (χ2n) is 6.96. The predicted octanol–water partition coefficient (Wildman–Crippen LogP) is 2.24. The lowest BCUT2D eigenvalue weighted by Gasteiger charge is -2.34. The molecule has 0 fully saturated rings. The molecule has 3 aromatic rings. The van der Waals surface area contributed by atoms with E-state index in [1.807, 2.05) is 24.7 Å². The van der Waals surface area contributed by atoms with Crippen LogP contribution in [0, 0.1) is 5.92 Å². The zero-order valence-electron chi connectivity index (χ0n) is 14.0. The molecule has 0 saturated carbocycles. The van der Waals surface area contributed by atoms with E-state index >= 15 is 0 Å². The summed E-state index contributed by atoms with van der Waals surface area (Å²) in [6.45, 7) is 0. The van der Waals surface area contributed by atoms with E-state index in [2.05, 4.69) is 26.7 Å². The van der Waals surface area contributed by atoms with Crippen molar-refractivity contribution in [2.75, 3.05) is 0 Å². The Balaban J connectivity index is 1.57. The molecule has 3 atom stereocenters. The number of aryl methyl sites for hydroxylation is 1. The van der Waals surface area contributed by atoms with Gasteiger partial charge in [0.05, 0.1) is 30.4 Å². The number of pyridine rings is 1. The Morgan fingerprint density at radius 1 is 1.19 bits per heavy atom. The van der Waals surface area contributed by atoms with Gasteiger partial charge in [-0.1, -0.05) is 30.3 Å². The Morgan fingerprint density at radius 2 is 2.04 bits per heavy atom. The van der Waals surface area contributed by atoms with E-state index < -0.39 is 12.0 Å². The van der Waals surface area contributed by atoms with Crippen molar-refractivity contribution >= 4 is 5.91 Å². The molecule has 0 unspecified atom stereocenters. The lowest BCUT2D eigenvalue weighted by molar-refractivity contribution is 0.0708. The fourth-order valence-electron chi connectivity index (χ4n) is 4.45. The van der Waals surface area contributed by atoms with Crippen LogP contribution in [0.1, 0.15) is 45.9 Å². The molecule has 2 aromatic heterocycles. The smallest absolute Gasteiger partial charge is 0.267 e. The first-order valence-corrected chi connectivity index (χ1v) is 8.74. The maximum atomic E-state index is 11.4. The summed E-state index contributed by atoms with van der Waals surface area (Å²) < 4.78 is 2.16. The first-order chi connectivity index (χ1) is 12.6. The summed E-state index contributed by atoms with van der Waals surface area (Å²) in [7, 11) is 0. The lowest BCUT2D eigenvalue weighted by atomic mass is 9.77. The highest BCUT2D eigenvalue weighted by Gasteiger charge is 2.40. The van der Waals surface area contributed by atoms with E-state index in [1.54, 1.807) is 12.1 Å². The van der Waals surface area contributed by atoms with Crippen LogP contribution in [0.5, 0.6) is 0 Å². The minimum absolute atomic E-state index is 0.0142. The van der Waals surface area contributed by atoms with Gasteiger partial charge in [0.2, 0.25) is 0 Å². The molecule has 6 heteroatoms. The normalized spacial score (nSPS) is 23.2. The maximum Gasteiger partial charge on any atom is 0.267 e. The Bertz CT molecular complexity index is 1030. The van der Waals surface area contributed by atoms with Gasteiger partial charge in [0.1, 0.15) is 5.69 Å². The molecule has 1 aliphatic heterocycles. The number of primary amides is 1. The third-order valence-corrected chi connectivity index (χ3v) is 5.63. The SMILES string of the molecule is NC(=O)c1ccc2c(n1)CC[C@@H]([C@H]1c3ccccc3-c3cncn31)[C@H]2O. The zero-order chi connectivity index (χ0) is 17.8. The Kier molecular flexibility index (Phi) is 3.24. The molecule has 0 spiro atoms. The van der Waals surface area contributed by atoms with E-state index in [-0.39, 0.29) is 17.7 Å². The number of nitrogens with zero attached hydrogens (tertiary/aromatic N) is 3. The van der Waals surface area contributed by atoms with Crippen molar-refractivity contribution in [3.8, 4) is 11.3 Å². The van der Waals surface area contributed by atoms with Gasteiger partial charge in [-0.3, -0.25) is 4.79 Å². The van der Waals surface area contributed by atoms with Gasteiger partial charge in [0.25, 0.3) is 5.91 Å². The molecule has 1 amide bonds. The number of imidazole rings is 1. The van der Waals surface area contributed by atoms with Crippen LogP contribution in [-0.2, 0) is 6.42 Å². The topological polar surface area (TPSA) is 94.0 Å². The molecule has 0 radical (unpaired) electrons. The summed E-state index contributed by atoms with van der Waals surface area (Å²) in [5.41, 5.74) is 10.6. The largest absolute Gasteiger partial charge is 0.388 e. The fourth-order valence-corrected chi connectivity index (χ4v) is 4.45. The molecule has 3 heterocycles. The van der Waals surface area contributed by atoms with Gasteiger partial charge in [-0.05, 0) is 24.5 Å². The third-order valence-electron chi connectivity index (χ3n) is 5.63. The average Bonchev–Trinajstić information content (AvgIpc) is 3.23. The number of hydrogen-bond donors (Lipinski definition) is 2. The van der Waals surface area contributed by atoms with Crippen molar-refractivity contribution in [1.82, 2.24) is 14.5 Å². The van der Waals surface area contributed by atoms with Crippen molar-refractivity contribution < 1.29 is 9.90 Å². The van der Waals surface area contributed by atoms with Crippen LogP contribution in [0.15, 0.2) is 48.9 Å². The highest BCUT2D eigenvalue weighted by molar-refractivity contribution is 5.90. The van der Waals surface area contributed by atoms with Crippen LogP contribution >= 0.6 is 0 Å². The van der Waals surface area contributed by atoms with Gasteiger partial charge >= 0.3 is 0 Å². The van der Waals surface area contributed by atoms with Crippen LogP contribution in [0.3, 0.4) is 0 Å². The lowest BCUT2D eigenvalue weighted by Crippen LogP contribution is -2.29. The van der Waals surface area contributed by atoms with Crippen LogP contribution in [0.2, 0.25) is 0 Å². The molecule has 0 saturated heterocycles. The minimum Gasteiger partial charge on any atom is -0.388 e. The summed E-state index contributed by atoms with van der Waals surface area (Å²) in [6.07, 6.45) is 4.56. The Hall–Kier alpha value is -2.99. The molecule has 26 heavy (non-hydrogen) atoms. The number of amides is 1. The van der Waals surface area contributed by atoms with Gasteiger partial charge in [0.15, 0.2) is 0 Å². The molecule has 0 bridgehead atoms. The summed E-state index contributed by atoms with van der Waals surface area (Å²) in [5, 5.41) is 11.1. The van der Waals surface area contributed by atoms with E-state index in [0.717, 1.165) is 23.4 Å². The van der Waals surface area contributed by atoms with Crippen molar-refractivity contribution in [3.05, 3.63) is 71.4 Å². The van der Waals surface area contributed by atoms with Crippen molar-refractivity contribution in [2.24, 2.45) is 11.7 Å². The molecule has 3 N–H and O–H groups in total. The number of carbonyl (C=O) groups excluding carboxylic acids is 1. The van der Waals surface area contributed by atoms with E-state index in [1.165, 1.54) is 11.1 Å². The van der Waals surface area contributed by atoms with Crippen LogP contribution in [0.4, 0.5) is 0 Å². The minimum atomic E-state index is -0.653. The molecular weight excluding hydrogens is 328 g/mol. The second kappa shape index (κ2) is 5.51. The molecule has 1 aromatic carbocycles. The monoisotopic (exact) mass is 346 g/mol. The molecular formula is C20H18N4O2. The summed E-state index contributed by atoms with van der Waals surface area (Å²) in [4.78, 5) is 20.0. The fraction of sp³-hybridized carbons (Fsp3) is 0.250. The Labute approximate surface area is 150 Å². The summed E-state index contributed by atoms with van der Waals surface area (Å²) in [5.74, 6) is -0.530. The molecule has 2 aliphatic rings. The molecule has 1 aliphatic carbocycles. The first kappa shape index (κ1) is 15.3. The number of nitrogens with two attached hydrogens (primary N) is 1. The summed E-state index contributed by atoms with van der Waals surface area (Å²) in [6, 6.07) is 11.7. The van der Waals surface area contributed by atoms with Crippen molar-refractivity contribution in [1.29, 1.82) is 0 Å². The Morgan fingerprint density at radius 3 is 2.88 bits per heavy atom. The highest BCUT2D eigenvalue weighted by Crippen LogP contribution is 2.49. The quantitative estimate of drug-likeness (QED) is 0.744. The van der Waals surface area contributed by atoms with Crippen molar-refractivity contribution in [2.45, 2.75) is 25.0 Å². The van der Waals surface area contributed by atoms with Crippen molar-refractivity contribution in [3.63, 3.8) is 0 Å². The molecule has 5 rings (SSSR count). The van der Waals surface area contributed by atoms with Gasteiger partial charge in [-0.2, -0.15) is 0 Å². The predicted molar refractivity (Wildman–Crippen MR) is 95.3 cm³/mol. The first-order valence-electron chi connectivity index (χ1n) is 8.74. The van der Waals surface area contributed by atoms with Gasteiger partial charge in [0, 0.05) is 22.7 Å². The molecule has 6 nitrogen and oxygen atoms in total. The number of aliphatic hydroxyl groups excluding tert-OH is 1. The standard InChI is InChI=1S/C20H18N4O2/c21-20(26)16-8-5-13-15(23-16)7-6-14(19(13)25)18-12-4-2-1-3-11(12)17-9-22-10-24(17)18/h1-5,8-10,14,18-19,25H,6-7H2,(H2,21,26)/t14-,18+,19-/m0/s1. The van der Waals surface area contributed by atoms with Gasteiger partial charge < -0.3 is 15.4 Å². The number of aliphatic hydroxyl groups is 1. The number of fused-ring (bicyclic) bond motifs is 4. The number of benzene rings is 1. The summed E-state index contributed by atoms with van der Waals surface area (Å²) >= 11 is 0. The maximum absolute atomic E-state index is 11.4. The second-order valence-corrected chi connectivity index (χ2v) is 6.96. The zero-order valence-corrected chi connectivity index (χ0v) is 14.0. The number of aromatic nitrogens is 3. The van der Waals surface area contributed by atoms with Crippen LogP contribution in [-0.4, -0.2) is 25.5 Å². The van der Waals surface area contributed by atoms with Crippen LogP contribution in [0.25, 0.3) is 11.3 Å². The van der Waals surface area contributed by atoms with E-state index in [9.17, 15) is 9.90 Å². The average molecular weight is 346 g/mol. The van der Waals surface area contributed by atoms with Gasteiger partial charge in [-0.15, -0.1) is 0 Å². The highest BCUT2D eigenvalue weighted by atomic mass is 16.3. The van der Waals surface area contributed by atoms with E-state index in [0.29, 0.717) is 6.42 Å².